The number of likely N-dealkylation sites (N-methyl/N-ethyl adjacent to an activating group) is 1. The van der Waals surface area contributed by atoms with Crippen molar-refractivity contribution in [2.75, 3.05) is 7.05 Å². The fourth-order valence-corrected chi connectivity index (χ4v) is 1.52. The Kier molecular flexibility index (Phi) is 6.80. The van der Waals surface area contributed by atoms with Gasteiger partial charge >= 0.3 is 0 Å². The van der Waals surface area contributed by atoms with Crippen molar-refractivity contribution in [3.63, 3.8) is 0 Å². The first-order chi connectivity index (χ1) is 7.79. The molecule has 17 heavy (non-hydrogen) atoms. The van der Waals surface area contributed by atoms with Gasteiger partial charge in [0.1, 0.15) is 6.04 Å². The fourth-order valence-electron chi connectivity index (χ4n) is 1.52. The van der Waals surface area contributed by atoms with Crippen LogP contribution in [0.5, 0.6) is 0 Å². The number of carbonyl (C=O) groups excluding carboxylic acids is 2. The minimum absolute atomic E-state index is 0.134. The molecule has 0 heterocycles. The zero-order valence-electron chi connectivity index (χ0n) is 11.6. The predicted octanol–water partition coefficient (Wildman–Crippen LogP) is 0.260. The van der Waals surface area contributed by atoms with Crippen molar-refractivity contribution in [1.82, 2.24) is 16.0 Å². The number of carbonyl (C=O) groups is 2. The maximum Gasteiger partial charge on any atom is 0.242 e. The molecule has 5 nitrogen and oxygen atoms in total. The van der Waals surface area contributed by atoms with Gasteiger partial charge in [0.05, 0.1) is 6.04 Å². The zero-order valence-corrected chi connectivity index (χ0v) is 11.6. The van der Waals surface area contributed by atoms with Crippen LogP contribution in [0.15, 0.2) is 0 Å². The molecule has 0 spiro atoms. The van der Waals surface area contributed by atoms with Gasteiger partial charge in [-0.05, 0) is 12.8 Å². The largest absolute Gasteiger partial charge is 0.357 e. The molecule has 1 unspecified atom stereocenters. The lowest BCUT2D eigenvalue weighted by Crippen LogP contribution is -2.54. The van der Waals surface area contributed by atoms with Crippen LogP contribution in [0.25, 0.3) is 0 Å². The van der Waals surface area contributed by atoms with E-state index in [9.17, 15) is 9.59 Å². The van der Waals surface area contributed by atoms with Gasteiger partial charge < -0.3 is 16.0 Å². The summed E-state index contributed by atoms with van der Waals surface area (Å²) in [5, 5.41) is 8.41. The van der Waals surface area contributed by atoms with Crippen molar-refractivity contribution in [3.05, 3.63) is 0 Å². The van der Waals surface area contributed by atoms with Gasteiger partial charge in [0.2, 0.25) is 11.8 Å². The van der Waals surface area contributed by atoms with Crippen molar-refractivity contribution in [2.24, 2.45) is 5.92 Å². The molecule has 0 bridgehead atoms. The molecule has 0 aromatic carbocycles. The number of rotatable bonds is 6. The molecule has 2 amide bonds. The molecular formula is C12H25N3O2. The molecule has 0 aromatic rings. The van der Waals surface area contributed by atoms with Crippen LogP contribution in [0.4, 0.5) is 0 Å². The van der Waals surface area contributed by atoms with Crippen molar-refractivity contribution in [2.45, 2.75) is 52.7 Å². The van der Waals surface area contributed by atoms with Gasteiger partial charge in [0, 0.05) is 13.1 Å². The van der Waals surface area contributed by atoms with E-state index >= 15 is 0 Å². The fraction of sp³-hybridized carbons (Fsp3) is 0.833. The predicted molar refractivity (Wildman–Crippen MR) is 68.6 cm³/mol. The SMILES string of the molecule is CNC(=O)[C@H](C)NC(=O)C(NC(C)C)C(C)C. The first-order valence-corrected chi connectivity index (χ1v) is 6.07. The quantitative estimate of drug-likeness (QED) is 0.627. The first kappa shape index (κ1) is 15.9. The number of hydrogen-bond acceptors (Lipinski definition) is 3. The summed E-state index contributed by atoms with van der Waals surface area (Å²) in [5.74, 6) is -0.149. The van der Waals surface area contributed by atoms with E-state index in [1.54, 1.807) is 14.0 Å². The Bertz CT molecular complexity index is 264. The Labute approximate surface area is 104 Å². The Morgan fingerprint density at radius 1 is 0.941 bits per heavy atom. The Morgan fingerprint density at radius 3 is 1.82 bits per heavy atom. The number of nitrogens with one attached hydrogen (secondary N) is 3. The summed E-state index contributed by atoms with van der Waals surface area (Å²) in [6.07, 6.45) is 0. The van der Waals surface area contributed by atoms with Crippen molar-refractivity contribution >= 4 is 11.8 Å². The second kappa shape index (κ2) is 7.27. The van der Waals surface area contributed by atoms with E-state index in [4.69, 9.17) is 0 Å². The smallest absolute Gasteiger partial charge is 0.242 e. The molecule has 5 heteroatoms. The summed E-state index contributed by atoms with van der Waals surface area (Å²) in [6, 6.07) is -0.562. The standard InChI is InChI=1S/C12H25N3O2/c1-7(2)10(14-8(3)4)12(17)15-9(5)11(16)13-6/h7-10,14H,1-6H3,(H,13,16)(H,15,17)/t9-,10?/m0/s1. The summed E-state index contributed by atoms with van der Waals surface area (Å²) >= 11 is 0. The average Bonchev–Trinajstić information content (AvgIpc) is 2.23. The molecule has 0 radical (unpaired) electrons. The van der Waals surface area contributed by atoms with Gasteiger partial charge in [0.25, 0.3) is 0 Å². The molecule has 0 aliphatic heterocycles. The molecule has 0 aliphatic carbocycles. The second-order valence-corrected chi connectivity index (χ2v) is 4.89. The van der Waals surface area contributed by atoms with E-state index < -0.39 is 6.04 Å². The van der Waals surface area contributed by atoms with Crippen LogP contribution in [0.3, 0.4) is 0 Å². The number of amides is 2. The maximum atomic E-state index is 12.0. The van der Waals surface area contributed by atoms with Gasteiger partial charge in [-0.15, -0.1) is 0 Å². The normalized spacial score (nSPS) is 14.6. The molecular weight excluding hydrogens is 218 g/mol. The molecule has 0 saturated heterocycles. The van der Waals surface area contributed by atoms with Crippen LogP contribution in [-0.4, -0.2) is 37.0 Å². The third kappa shape index (κ3) is 5.68. The van der Waals surface area contributed by atoms with Crippen molar-refractivity contribution in [1.29, 1.82) is 0 Å². The lowest BCUT2D eigenvalue weighted by atomic mass is 10.0. The Balaban J connectivity index is 4.47. The molecule has 0 aromatic heterocycles. The summed E-state index contributed by atoms with van der Waals surface area (Å²) < 4.78 is 0. The molecule has 2 atom stereocenters. The summed E-state index contributed by atoms with van der Waals surface area (Å²) in [5.41, 5.74) is 0. The molecule has 0 fully saturated rings. The lowest BCUT2D eigenvalue weighted by Gasteiger charge is -2.25. The molecule has 0 saturated carbocycles. The minimum Gasteiger partial charge on any atom is -0.357 e. The van der Waals surface area contributed by atoms with Crippen LogP contribution < -0.4 is 16.0 Å². The van der Waals surface area contributed by atoms with E-state index in [1.807, 2.05) is 27.7 Å². The molecule has 3 N–H and O–H groups in total. The number of hydrogen-bond donors (Lipinski definition) is 3. The monoisotopic (exact) mass is 243 g/mol. The van der Waals surface area contributed by atoms with Gasteiger partial charge in [-0.25, -0.2) is 0 Å². The third-order valence-corrected chi connectivity index (χ3v) is 2.46. The molecule has 0 aliphatic rings. The zero-order chi connectivity index (χ0) is 13.6. The maximum absolute atomic E-state index is 12.0. The summed E-state index contributed by atoms with van der Waals surface area (Å²) in [4.78, 5) is 23.3. The summed E-state index contributed by atoms with van der Waals surface area (Å²) in [6.45, 7) is 9.60. The van der Waals surface area contributed by atoms with E-state index in [1.165, 1.54) is 0 Å². The topological polar surface area (TPSA) is 70.2 Å². The highest BCUT2D eigenvalue weighted by molar-refractivity contribution is 5.89. The van der Waals surface area contributed by atoms with E-state index in [-0.39, 0.29) is 29.8 Å². The van der Waals surface area contributed by atoms with Crippen molar-refractivity contribution < 1.29 is 9.59 Å². The van der Waals surface area contributed by atoms with Crippen LogP contribution in [-0.2, 0) is 9.59 Å². The van der Waals surface area contributed by atoms with E-state index in [0.29, 0.717) is 0 Å². The van der Waals surface area contributed by atoms with Crippen LogP contribution in [0.1, 0.15) is 34.6 Å². The van der Waals surface area contributed by atoms with Crippen molar-refractivity contribution in [3.8, 4) is 0 Å². The Hall–Kier alpha value is -1.10. The van der Waals surface area contributed by atoms with Crippen LogP contribution in [0, 0.1) is 5.92 Å². The Morgan fingerprint density at radius 2 is 1.47 bits per heavy atom. The van der Waals surface area contributed by atoms with Gasteiger partial charge in [0.15, 0.2) is 0 Å². The van der Waals surface area contributed by atoms with Crippen LogP contribution in [0.2, 0.25) is 0 Å². The second-order valence-electron chi connectivity index (χ2n) is 4.89. The van der Waals surface area contributed by atoms with E-state index in [2.05, 4.69) is 16.0 Å². The van der Waals surface area contributed by atoms with Gasteiger partial charge in [-0.1, -0.05) is 27.7 Å². The molecule has 100 valence electrons. The minimum atomic E-state index is -0.511. The first-order valence-electron chi connectivity index (χ1n) is 6.07. The third-order valence-electron chi connectivity index (χ3n) is 2.46. The van der Waals surface area contributed by atoms with Gasteiger partial charge in [-0.2, -0.15) is 0 Å². The van der Waals surface area contributed by atoms with E-state index in [0.717, 1.165) is 0 Å². The highest BCUT2D eigenvalue weighted by Crippen LogP contribution is 2.03. The summed E-state index contributed by atoms with van der Waals surface area (Å²) in [7, 11) is 1.55. The van der Waals surface area contributed by atoms with Gasteiger partial charge in [-0.3, -0.25) is 9.59 Å². The highest BCUT2D eigenvalue weighted by atomic mass is 16.2. The van der Waals surface area contributed by atoms with Crippen LogP contribution >= 0.6 is 0 Å². The lowest BCUT2D eigenvalue weighted by molar-refractivity contribution is -0.130. The average molecular weight is 243 g/mol. The highest BCUT2D eigenvalue weighted by Gasteiger charge is 2.25. The molecule has 0 rings (SSSR count).